The molecule has 2 aromatic rings. The van der Waals surface area contributed by atoms with Crippen LogP contribution >= 0.6 is 0 Å². The Labute approximate surface area is 179 Å². The summed E-state index contributed by atoms with van der Waals surface area (Å²) in [6.45, 7) is 6.02. The summed E-state index contributed by atoms with van der Waals surface area (Å²) in [6, 6.07) is 8.85. The second-order valence-corrected chi connectivity index (χ2v) is 7.54. The molecule has 31 heavy (non-hydrogen) atoms. The molecule has 2 saturated heterocycles. The highest BCUT2D eigenvalue weighted by molar-refractivity contribution is 6.39. The predicted octanol–water partition coefficient (Wildman–Crippen LogP) is 2.95. The number of morpholine rings is 1. The van der Waals surface area contributed by atoms with Crippen LogP contribution in [-0.2, 0) is 14.3 Å². The third-order valence-electron chi connectivity index (χ3n) is 5.48. The van der Waals surface area contributed by atoms with Gasteiger partial charge in [-0.1, -0.05) is 12.1 Å². The average molecular weight is 423 g/mol. The van der Waals surface area contributed by atoms with Gasteiger partial charge >= 0.3 is 6.03 Å². The highest BCUT2D eigenvalue weighted by Crippen LogP contribution is 2.26. The summed E-state index contributed by atoms with van der Waals surface area (Å²) in [4.78, 5) is 40.5. The van der Waals surface area contributed by atoms with Crippen LogP contribution < -0.4 is 15.1 Å². The number of carbonyl (C=O) groups excluding carboxylic acids is 3. The van der Waals surface area contributed by atoms with Crippen LogP contribution in [0.1, 0.15) is 16.7 Å². The number of nitrogens with zero attached hydrogens (tertiary/aromatic N) is 2. The summed E-state index contributed by atoms with van der Waals surface area (Å²) in [5, 5.41) is 2.18. The predicted molar refractivity (Wildman–Crippen MR) is 114 cm³/mol. The van der Waals surface area contributed by atoms with Crippen LogP contribution in [0.2, 0.25) is 0 Å². The largest absolute Gasteiger partial charge is 0.378 e. The molecule has 0 unspecified atom stereocenters. The van der Waals surface area contributed by atoms with E-state index in [0.29, 0.717) is 43.2 Å². The van der Waals surface area contributed by atoms with Crippen LogP contribution in [0.25, 0.3) is 6.08 Å². The van der Waals surface area contributed by atoms with Crippen molar-refractivity contribution in [1.82, 2.24) is 5.32 Å². The molecule has 0 atom stereocenters. The Hall–Kier alpha value is -3.52. The van der Waals surface area contributed by atoms with Crippen molar-refractivity contribution in [3.05, 3.63) is 64.5 Å². The zero-order chi connectivity index (χ0) is 22.1. The number of urea groups is 1. The quantitative estimate of drug-likeness (QED) is 0.607. The van der Waals surface area contributed by atoms with Gasteiger partial charge in [0.15, 0.2) is 0 Å². The van der Waals surface area contributed by atoms with Crippen molar-refractivity contribution >= 4 is 35.3 Å². The number of imide groups is 2. The van der Waals surface area contributed by atoms with Gasteiger partial charge in [0.1, 0.15) is 11.4 Å². The van der Waals surface area contributed by atoms with E-state index in [1.165, 1.54) is 12.1 Å². The van der Waals surface area contributed by atoms with Gasteiger partial charge < -0.3 is 9.64 Å². The Morgan fingerprint density at radius 2 is 1.74 bits per heavy atom. The molecule has 2 aliphatic rings. The molecule has 160 valence electrons. The molecule has 4 amide bonds. The summed E-state index contributed by atoms with van der Waals surface area (Å²) in [7, 11) is 0. The van der Waals surface area contributed by atoms with Gasteiger partial charge in [0, 0.05) is 13.1 Å². The SMILES string of the molecule is Cc1ccc(N2C(=O)NC(=O)/C(=C\c3ccc(N4CCOCC4)c(F)c3)C2=O)cc1C. The van der Waals surface area contributed by atoms with Crippen LogP contribution in [-0.4, -0.2) is 44.1 Å². The van der Waals surface area contributed by atoms with E-state index in [1.807, 2.05) is 18.7 Å². The topological polar surface area (TPSA) is 79.0 Å². The van der Waals surface area contributed by atoms with Crippen molar-refractivity contribution in [3.63, 3.8) is 0 Å². The summed E-state index contributed by atoms with van der Waals surface area (Å²) in [5.41, 5.74) is 2.82. The number of halogens is 1. The number of carbonyl (C=O) groups is 3. The fraction of sp³-hybridized carbons (Fsp3) is 0.261. The lowest BCUT2D eigenvalue weighted by molar-refractivity contribution is -0.122. The molecule has 0 spiro atoms. The van der Waals surface area contributed by atoms with Crippen LogP contribution in [0.3, 0.4) is 0 Å². The van der Waals surface area contributed by atoms with Gasteiger partial charge in [0.25, 0.3) is 11.8 Å². The highest BCUT2D eigenvalue weighted by atomic mass is 19.1. The van der Waals surface area contributed by atoms with E-state index in [1.54, 1.807) is 30.3 Å². The number of amides is 4. The number of nitrogens with one attached hydrogen (secondary N) is 1. The summed E-state index contributed by atoms with van der Waals surface area (Å²) in [5.74, 6) is -2.02. The second-order valence-electron chi connectivity index (χ2n) is 7.54. The number of hydrogen-bond acceptors (Lipinski definition) is 5. The first-order valence-electron chi connectivity index (χ1n) is 9.96. The van der Waals surface area contributed by atoms with Gasteiger partial charge in [-0.25, -0.2) is 14.1 Å². The van der Waals surface area contributed by atoms with Crippen molar-refractivity contribution in [3.8, 4) is 0 Å². The fourth-order valence-electron chi connectivity index (χ4n) is 3.60. The van der Waals surface area contributed by atoms with Crippen LogP contribution in [0.4, 0.5) is 20.6 Å². The first kappa shape index (κ1) is 20.7. The van der Waals surface area contributed by atoms with E-state index >= 15 is 0 Å². The molecule has 7 nitrogen and oxygen atoms in total. The Kier molecular flexibility index (Phi) is 5.56. The molecule has 0 aromatic heterocycles. The molecule has 2 aromatic carbocycles. The van der Waals surface area contributed by atoms with E-state index in [4.69, 9.17) is 4.74 Å². The molecule has 1 N–H and O–H groups in total. The third-order valence-corrected chi connectivity index (χ3v) is 5.48. The number of aryl methyl sites for hydroxylation is 2. The van der Waals surface area contributed by atoms with E-state index in [9.17, 15) is 18.8 Å². The van der Waals surface area contributed by atoms with Gasteiger partial charge in [-0.2, -0.15) is 0 Å². The molecule has 2 fully saturated rings. The van der Waals surface area contributed by atoms with Gasteiger partial charge in [0.2, 0.25) is 0 Å². The lowest BCUT2D eigenvalue weighted by Gasteiger charge is -2.29. The first-order chi connectivity index (χ1) is 14.8. The minimum atomic E-state index is -0.816. The van der Waals surface area contributed by atoms with Crippen molar-refractivity contribution < 1.29 is 23.5 Å². The van der Waals surface area contributed by atoms with Crippen molar-refractivity contribution in [2.45, 2.75) is 13.8 Å². The minimum Gasteiger partial charge on any atom is -0.378 e. The van der Waals surface area contributed by atoms with Crippen LogP contribution in [0.15, 0.2) is 42.0 Å². The Balaban J connectivity index is 1.65. The maximum absolute atomic E-state index is 14.7. The monoisotopic (exact) mass is 423 g/mol. The zero-order valence-corrected chi connectivity index (χ0v) is 17.3. The lowest BCUT2D eigenvalue weighted by atomic mass is 10.0. The normalized spacial score (nSPS) is 18.5. The molecular formula is C23H22FN3O4. The number of rotatable bonds is 3. The number of hydrogen-bond donors (Lipinski definition) is 1. The second kappa shape index (κ2) is 8.31. The third kappa shape index (κ3) is 4.06. The lowest BCUT2D eigenvalue weighted by Crippen LogP contribution is -2.54. The summed E-state index contributed by atoms with van der Waals surface area (Å²) in [6.07, 6.45) is 1.30. The zero-order valence-electron chi connectivity index (χ0n) is 17.3. The van der Waals surface area contributed by atoms with Gasteiger partial charge in [-0.05, 0) is 60.9 Å². The number of benzene rings is 2. The highest BCUT2D eigenvalue weighted by Gasteiger charge is 2.37. The summed E-state index contributed by atoms with van der Waals surface area (Å²) < 4.78 is 20.0. The number of barbiturate groups is 1. The standard InChI is InChI=1S/C23H22FN3O4/c1-14-3-5-17(11-15(14)2)27-22(29)18(21(28)25-23(27)30)12-16-4-6-20(19(24)13-16)26-7-9-31-10-8-26/h3-6,11-13H,7-10H2,1-2H3,(H,25,28,30)/b18-12+. The molecule has 0 saturated carbocycles. The molecule has 0 radical (unpaired) electrons. The maximum atomic E-state index is 14.7. The van der Waals surface area contributed by atoms with Crippen molar-refractivity contribution in [1.29, 1.82) is 0 Å². The van der Waals surface area contributed by atoms with Gasteiger partial charge in [-0.15, -0.1) is 0 Å². The number of ether oxygens (including phenoxy) is 1. The molecule has 4 rings (SSSR count). The molecule has 2 aliphatic heterocycles. The van der Waals surface area contributed by atoms with Crippen molar-refractivity contribution in [2.24, 2.45) is 0 Å². The Morgan fingerprint density at radius 3 is 2.42 bits per heavy atom. The minimum absolute atomic E-state index is 0.239. The molecule has 8 heteroatoms. The first-order valence-corrected chi connectivity index (χ1v) is 9.96. The molecule has 0 aliphatic carbocycles. The maximum Gasteiger partial charge on any atom is 0.335 e. The van der Waals surface area contributed by atoms with Crippen LogP contribution in [0.5, 0.6) is 0 Å². The van der Waals surface area contributed by atoms with E-state index in [2.05, 4.69) is 5.32 Å². The smallest absolute Gasteiger partial charge is 0.335 e. The molecule has 2 heterocycles. The van der Waals surface area contributed by atoms with Gasteiger partial charge in [-0.3, -0.25) is 14.9 Å². The number of anilines is 2. The van der Waals surface area contributed by atoms with E-state index in [0.717, 1.165) is 16.0 Å². The Bertz CT molecular complexity index is 1110. The van der Waals surface area contributed by atoms with Crippen molar-refractivity contribution in [2.75, 3.05) is 36.1 Å². The summed E-state index contributed by atoms with van der Waals surface area (Å²) >= 11 is 0. The fourth-order valence-corrected chi connectivity index (χ4v) is 3.60. The van der Waals surface area contributed by atoms with E-state index in [-0.39, 0.29) is 5.57 Å². The molecule has 0 bridgehead atoms. The Morgan fingerprint density at radius 1 is 1.00 bits per heavy atom. The average Bonchev–Trinajstić information content (AvgIpc) is 2.74. The molecular weight excluding hydrogens is 401 g/mol. The van der Waals surface area contributed by atoms with Crippen LogP contribution in [0, 0.1) is 19.7 Å². The van der Waals surface area contributed by atoms with E-state index < -0.39 is 23.7 Å². The van der Waals surface area contributed by atoms with Gasteiger partial charge in [0.05, 0.1) is 24.6 Å².